The van der Waals surface area contributed by atoms with Crippen molar-refractivity contribution >= 4 is 51.4 Å². The molecule has 1 saturated heterocycles. The molecule has 2 heterocycles. The monoisotopic (exact) mass is 372 g/mol. The lowest BCUT2D eigenvalue weighted by atomic mass is 10.1. The second-order valence-electron chi connectivity index (χ2n) is 5.96. The van der Waals surface area contributed by atoms with Crippen molar-refractivity contribution < 1.29 is 9.59 Å². The van der Waals surface area contributed by atoms with Gasteiger partial charge >= 0.3 is 0 Å². The van der Waals surface area contributed by atoms with Crippen molar-refractivity contribution in [3.63, 3.8) is 0 Å². The van der Waals surface area contributed by atoms with E-state index in [-0.39, 0.29) is 11.8 Å². The molecule has 0 radical (unpaired) electrons. The van der Waals surface area contributed by atoms with E-state index in [0.29, 0.717) is 27.9 Å². The van der Waals surface area contributed by atoms with Gasteiger partial charge < -0.3 is 4.90 Å². The summed E-state index contributed by atoms with van der Waals surface area (Å²) >= 11 is 6.63. The molecule has 0 spiro atoms. The predicted octanol–water partition coefficient (Wildman–Crippen LogP) is 3.98. The SMILES string of the molecule is C=CCN1C(=O)C(=C2SC(=S)N(CCCCC)C2=O)c2ccccc21. The average molecular weight is 373 g/mol. The van der Waals surface area contributed by atoms with E-state index in [9.17, 15) is 9.59 Å². The highest BCUT2D eigenvalue weighted by molar-refractivity contribution is 8.26. The minimum absolute atomic E-state index is 0.148. The number of carbonyl (C=O) groups excluding carboxylic acids is 2. The number of nitrogens with zero attached hydrogens (tertiary/aromatic N) is 2. The molecule has 3 rings (SSSR count). The zero-order chi connectivity index (χ0) is 18.0. The molecular weight excluding hydrogens is 352 g/mol. The molecule has 0 saturated carbocycles. The lowest BCUT2D eigenvalue weighted by Gasteiger charge is -2.14. The zero-order valence-electron chi connectivity index (χ0n) is 14.2. The highest BCUT2D eigenvalue weighted by Gasteiger charge is 2.41. The minimum Gasteiger partial charge on any atom is -0.304 e. The van der Waals surface area contributed by atoms with Crippen LogP contribution in [0.1, 0.15) is 31.7 Å². The number of fused-ring (bicyclic) bond motifs is 1. The summed E-state index contributed by atoms with van der Waals surface area (Å²) in [7, 11) is 0. The lowest BCUT2D eigenvalue weighted by Crippen LogP contribution is -2.30. The molecule has 2 aliphatic heterocycles. The van der Waals surface area contributed by atoms with E-state index < -0.39 is 0 Å². The second kappa shape index (κ2) is 7.54. The van der Waals surface area contributed by atoms with Gasteiger partial charge in [0, 0.05) is 18.7 Å². The zero-order valence-corrected chi connectivity index (χ0v) is 15.8. The molecule has 1 aromatic rings. The molecule has 0 bridgehead atoms. The summed E-state index contributed by atoms with van der Waals surface area (Å²) < 4.78 is 0.538. The smallest absolute Gasteiger partial charge is 0.267 e. The molecule has 0 unspecified atom stereocenters. The Hall–Kier alpha value is -1.92. The Balaban J connectivity index is 2.00. The molecule has 4 nitrogen and oxygen atoms in total. The van der Waals surface area contributed by atoms with Gasteiger partial charge in [0.15, 0.2) is 0 Å². The Labute approximate surface area is 157 Å². The van der Waals surface area contributed by atoms with Crippen LogP contribution in [0.25, 0.3) is 5.57 Å². The number of anilines is 1. The van der Waals surface area contributed by atoms with Crippen LogP contribution >= 0.6 is 24.0 Å². The molecule has 1 fully saturated rings. The number of hydrogen-bond acceptors (Lipinski definition) is 4. The van der Waals surface area contributed by atoms with Crippen molar-refractivity contribution in [2.45, 2.75) is 26.2 Å². The summed E-state index contributed by atoms with van der Waals surface area (Å²) in [6.07, 6.45) is 4.74. The van der Waals surface area contributed by atoms with Crippen molar-refractivity contribution in [1.82, 2.24) is 4.90 Å². The van der Waals surface area contributed by atoms with Crippen molar-refractivity contribution in [1.29, 1.82) is 0 Å². The van der Waals surface area contributed by atoms with Crippen molar-refractivity contribution in [2.24, 2.45) is 0 Å². The Kier molecular flexibility index (Phi) is 5.39. The molecule has 0 aromatic heterocycles. The van der Waals surface area contributed by atoms with E-state index in [1.165, 1.54) is 11.8 Å². The van der Waals surface area contributed by atoms with Crippen LogP contribution in [0.2, 0.25) is 0 Å². The van der Waals surface area contributed by atoms with Gasteiger partial charge in [-0.25, -0.2) is 0 Å². The molecule has 1 aromatic carbocycles. The van der Waals surface area contributed by atoms with Crippen LogP contribution in [0, 0.1) is 0 Å². The van der Waals surface area contributed by atoms with Gasteiger partial charge in [-0.1, -0.05) is 68.0 Å². The van der Waals surface area contributed by atoms with Gasteiger partial charge in [-0.2, -0.15) is 0 Å². The number of hydrogen-bond donors (Lipinski definition) is 0. The first-order chi connectivity index (χ1) is 12.1. The van der Waals surface area contributed by atoms with E-state index >= 15 is 0 Å². The van der Waals surface area contributed by atoms with Gasteiger partial charge in [-0.05, 0) is 12.5 Å². The predicted molar refractivity (Wildman–Crippen MR) is 107 cm³/mol. The van der Waals surface area contributed by atoms with Crippen LogP contribution in [0.3, 0.4) is 0 Å². The number of thiocarbonyl (C=S) groups is 1. The molecule has 0 N–H and O–H groups in total. The Morgan fingerprint density at radius 3 is 2.64 bits per heavy atom. The van der Waals surface area contributed by atoms with Crippen LogP contribution in [0.4, 0.5) is 5.69 Å². The summed E-state index contributed by atoms with van der Waals surface area (Å²) in [5.41, 5.74) is 2.08. The maximum atomic E-state index is 13.0. The Morgan fingerprint density at radius 2 is 1.92 bits per heavy atom. The van der Waals surface area contributed by atoms with E-state index in [1.807, 2.05) is 24.3 Å². The largest absolute Gasteiger partial charge is 0.304 e. The normalized spacial score (nSPS) is 19.8. The van der Waals surface area contributed by atoms with Crippen LogP contribution in [0.15, 0.2) is 41.8 Å². The maximum Gasteiger partial charge on any atom is 0.267 e. The highest BCUT2D eigenvalue weighted by atomic mass is 32.2. The number of benzene rings is 1. The molecule has 2 aliphatic rings. The van der Waals surface area contributed by atoms with Gasteiger partial charge in [0.2, 0.25) is 0 Å². The van der Waals surface area contributed by atoms with E-state index in [1.54, 1.807) is 15.9 Å². The van der Waals surface area contributed by atoms with Crippen LogP contribution in [0.5, 0.6) is 0 Å². The highest BCUT2D eigenvalue weighted by Crippen LogP contribution is 2.44. The average Bonchev–Trinajstić information content (AvgIpc) is 3.03. The first kappa shape index (κ1) is 17.9. The fourth-order valence-corrected chi connectivity index (χ4v) is 4.45. The van der Waals surface area contributed by atoms with E-state index in [4.69, 9.17) is 12.2 Å². The molecule has 0 aliphatic carbocycles. The molecular formula is C19H20N2O2S2. The van der Waals surface area contributed by atoms with E-state index in [0.717, 1.165) is 30.5 Å². The summed E-state index contributed by atoms with van der Waals surface area (Å²) in [6, 6.07) is 7.55. The number of para-hydroxylation sites is 1. The van der Waals surface area contributed by atoms with Gasteiger partial charge in [-0.15, -0.1) is 6.58 Å². The molecule has 0 atom stereocenters. The lowest BCUT2D eigenvalue weighted by molar-refractivity contribution is -0.122. The molecule has 6 heteroatoms. The van der Waals surface area contributed by atoms with Crippen molar-refractivity contribution in [3.8, 4) is 0 Å². The summed E-state index contributed by atoms with van der Waals surface area (Å²) in [5, 5.41) is 0. The molecule has 2 amide bonds. The van der Waals surface area contributed by atoms with Crippen molar-refractivity contribution in [3.05, 3.63) is 47.4 Å². The number of carbonyl (C=O) groups is 2. The standard InChI is InChI=1S/C19H20N2O2S2/c1-3-5-8-12-21-18(23)16(25-19(21)24)15-13-9-6-7-10-14(13)20(11-4-2)17(15)22/h4,6-7,9-10H,2-3,5,8,11-12H2,1H3. The Morgan fingerprint density at radius 1 is 1.16 bits per heavy atom. The number of amides is 2. The van der Waals surface area contributed by atoms with E-state index in [2.05, 4.69) is 13.5 Å². The first-order valence-corrected chi connectivity index (χ1v) is 9.62. The number of unbranched alkanes of at least 4 members (excludes halogenated alkanes) is 2. The first-order valence-electron chi connectivity index (χ1n) is 8.40. The Bertz CT molecular complexity index is 785. The fourth-order valence-electron chi connectivity index (χ4n) is 3.07. The number of thioether (sulfide) groups is 1. The number of rotatable bonds is 6. The quantitative estimate of drug-likeness (QED) is 0.328. The van der Waals surface area contributed by atoms with Crippen LogP contribution in [-0.2, 0) is 9.59 Å². The van der Waals surface area contributed by atoms with Gasteiger partial charge in [0.1, 0.15) is 4.32 Å². The summed E-state index contributed by atoms with van der Waals surface area (Å²) in [4.78, 5) is 29.6. The van der Waals surface area contributed by atoms with Crippen LogP contribution in [-0.4, -0.2) is 34.1 Å². The van der Waals surface area contributed by atoms with Crippen molar-refractivity contribution in [2.75, 3.05) is 18.0 Å². The fraction of sp³-hybridized carbons (Fsp3) is 0.316. The third-order valence-corrected chi connectivity index (χ3v) is 5.74. The van der Waals surface area contributed by atoms with Gasteiger partial charge in [0.05, 0.1) is 16.2 Å². The topological polar surface area (TPSA) is 40.6 Å². The van der Waals surface area contributed by atoms with Crippen LogP contribution < -0.4 is 4.90 Å². The third-order valence-electron chi connectivity index (χ3n) is 4.30. The third kappa shape index (κ3) is 3.16. The van der Waals surface area contributed by atoms with Gasteiger partial charge in [-0.3, -0.25) is 14.5 Å². The summed E-state index contributed by atoms with van der Waals surface area (Å²) in [6.45, 7) is 6.87. The summed E-state index contributed by atoms with van der Waals surface area (Å²) in [5.74, 6) is -0.306. The molecule has 25 heavy (non-hydrogen) atoms. The minimum atomic E-state index is -0.157. The maximum absolute atomic E-state index is 13.0. The second-order valence-corrected chi connectivity index (χ2v) is 7.60. The molecule has 130 valence electrons. The van der Waals surface area contributed by atoms with Gasteiger partial charge in [0.25, 0.3) is 11.8 Å².